The minimum Gasteiger partial charge on any atom is -0.493 e. The number of hydrogen-bond donors (Lipinski definition) is 4. The summed E-state index contributed by atoms with van der Waals surface area (Å²) in [4.78, 5) is 26.3. The summed E-state index contributed by atoms with van der Waals surface area (Å²) in [5, 5.41) is 3.37. The van der Waals surface area contributed by atoms with Gasteiger partial charge in [-0.1, -0.05) is 42.5 Å². The Morgan fingerprint density at radius 3 is 2.22 bits per heavy atom. The number of methoxy groups -OCH3 is 2. The minimum atomic E-state index is -3.77. The van der Waals surface area contributed by atoms with E-state index in [0.717, 1.165) is 23.1 Å². The van der Waals surface area contributed by atoms with Gasteiger partial charge in [-0.3, -0.25) is 0 Å². The summed E-state index contributed by atoms with van der Waals surface area (Å²) in [6.07, 6.45) is 6.34. The molecule has 0 spiro atoms. The zero-order chi connectivity index (χ0) is 35.5. The first kappa shape index (κ1) is 33.4. The van der Waals surface area contributed by atoms with Gasteiger partial charge in [-0.25, -0.2) is 33.3 Å². The number of nitrogens with zero attached hydrogens (tertiary/aromatic N) is 6. The van der Waals surface area contributed by atoms with Gasteiger partial charge in [0.2, 0.25) is 16.0 Å². The van der Waals surface area contributed by atoms with Gasteiger partial charge >= 0.3 is 0 Å². The molecule has 1 fully saturated rings. The molecule has 0 bridgehead atoms. The van der Waals surface area contributed by atoms with Crippen LogP contribution in [0.3, 0.4) is 0 Å². The second kappa shape index (κ2) is 14.0. The number of benzene rings is 2. The second-order valence-corrected chi connectivity index (χ2v) is 13.9. The van der Waals surface area contributed by atoms with E-state index in [2.05, 4.69) is 25.3 Å². The average Bonchev–Trinajstić information content (AvgIpc) is 3.62. The zero-order valence-electron chi connectivity index (χ0n) is 27.9. The largest absolute Gasteiger partial charge is 0.493 e. The molecule has 5 heterocycles. The summed E-state index contributed by atoms with van der Waals surface area (Å²) >= 11 is 0. The van der Waals surface area contributed by atoms with Crippen molar-refractivity contribution in [2.75, 3.05) is 44.1 Å². The molecular weight excluding hydrogens is 669 g/mol. The monoisotopic (exact) mass is 704 g/mol. The molecule has 1 atom stereocenters. The predicted octanol–water partition coefficient (Wildman–Crippen LogP) is 5.10. The Labute approximate surface area is 295 Å². The number of nitrogens with two attached hydrogens (primary N) is 2. The van der Waals surface area contributed by atoms with Crippen LogP contribution in [0.15, 0.2) is 96.3 Å². The van der Waals surface area contributed by atoms with E-state index in [4.69, 9.17) is 30.9 Å². The molecule has 0 saturated carbocycles. The van der Waals surface area contributed by atoms with Crippen LogP contribution in [0.4, 0.5) is 17.6 Å². The van der Waals surface area contributed by atoms with Crippen molar-refractivity contribution in [1.82, 2.24) is 34.2 Å². The quantitative estimate of drug-likeness (QED) is 0.147. The smallest absolute Gasteiger partial charge is 0.243 e. The number of H-pyrrole nitrogens is 1. The molecule has 1 aliphatic heterocycles. The van der Waals surface area contributed by atoms with E-state index in [1.165, 1.54) is 18.5 Å². The Hall–Kier alpha value is -6.06. The maximum atomic E-state index is 13.8. The lowest BCUT2D eigenvalue weighted by molar-refractivity contribution is 0.326. The van der Waals surface area contributed by atoms with Crippen molar-refractivity contribution < 1.29 is 17.9 Å². The van der Waals surface area contributed by atoms with Gasteiger partial charge in [0, 0.05) is 54.4 Å². The number of pyridine rings is 2. The minimum absolute atomic E-state index is 0.204. The number of nitrogens with one attached hydrogen (secondary N) is 2. The van der Waals surface area contributed by atoms with E-state index in [0.29, 0.717) is 58.9 Å². The van der Waals surface area contributed by atoms with E-state index in [9.17, 15) is 8.42 Å². The topological polar surface area (TPSA) is 200 Å². The molecule has 0 radical (unpaired) electrons. The number of imidazole rings is 1. The molecule has 260 valence electrons. The summed E-state index contributed by atoms with van der Waals surface area (Å²) in [6, 6.07) is 21.6. The third-order valence-electron chi connectivity index (χ3n) is 8.68. The Bertz CT molecular complexity index is 2280. The number of piperidine rings is 1. The highest BCUT2D eigenvalue weighted by Crippen LogP contribution is 2.35. The molecule has 15 heteroatoms. The number of sulfonamides is 1. The molecule has 2 aromatic carbocycles. The van der Waals surface area contributed by atoms with Crippen molar-refractivity contribution in [2.45, 2.75) is 23.8 Å². The van der Waals surface area contributed by atoms with Crippen molar-refractivity contribution in [3.05, 3.63) is 91.4 Å². The highest BCUT2D eigenvalue weighted by molar-refractivity contribution is 7.89. The number of aromatic nitrogens is 6. The summed E-state index contributed by atoms with van der Waals surface area (Å²) in [5.41, 5.74) is 16.8. The maximum Gasteiger partial charge on any atom is 0.243 e. The molecule has 0 unspecified atom stereocenters. The number of hydrogen-bond acceptors (Lipinski definition) is 12. The first-order chi connectivity index (χ1) is 24.7. The fourth-order valence-corrected chi connectivity index (χ4v) is 7.55. The first-order valence-corrected chi connectivity index (χ1v) is 17.6. The van der Waals surface area contributed by atoms with Gasteiger partial charge in [-0.05, 0) is 48.7 Å². The van der Waals surface area contributed by atoms with E-state index < -0.39 is 10.0 Å². The van der Waals surface area contributed by atoms with Gasteiger partial charge < -0.3 is 31.2 Å². The van der Waals surface area contributed by atoms with Crippen LogP contribution in [0.2, 0.25) is 0 Å². The lowest BCUT2D eigenvalue weighted by atomic mass is 10.1. The fraction of sp³-hybridized carbons (Fsp3) is 0.194. The van der Waals surface area contributed by atoms with Crippen molar-refractivity contribution in [2.24, 2.45) is 0 Å². The highest BCUT2D eigenvalue weighted by Gasteiger charge is 2.31. The Morgan fingerprint density at radius 2 is 1.51 bits per heavy atom. The molecule has 14 nitrogen and oxygen atoms in total. The fourth-order valence-electron chi connectivity index (χ4n) is 6.02. The zero-order valence-corrected chi connectivity index (χ0v) is 28.8. The van der Waals surface area contributed by atoms with E-state index in [1.807, 2.05) is 30.3 Å². The predicted molar refractivity (Wildman–Crippen MR) is 195 cm³/mol. The Morgan fingerprint density at radius 1 is 0.824 bits per heavy atom. The third kappa shape index (κ3) is 6.89. The standard InChI is InChI=1S/C36H36N10O4S/c1-49-29-17-24(19-40-33(29)37)22-10-12-27(13-11-22)51(47,48)46-16-6-9-26(21-46)42-36-39-15-14-28(43-36)32-31(25-18-30(50-2)34(38)41-20-25)44-35(45-32)23-7-4-3-5-8-23/h3-5,7-8,10-15,17-20,26H,6,9,16,21H2,1-2H3,(H2,37,40)(H2,38,41)(H,44,45)(H,39,42,43)/t26-/m1/s1. The van der Waals surface area contributed by atoms with E-state index >= 15 is 0 Å². The van der Waals surface area contributed by atoms with Crippen LogP contribution >= 0.6 is 0 Å². The SMILES string of the molecule is COc1cc(-c2ccc(S(=O)(=O)N3CCC[C@@H](Nc4nccc(-c5[nH]c(-c6ccccc6)nc5-c5cnc(N)c(OC)c5)n4)C3)cc2)cnc1N. The second-order valence-electron chi connectivity index (χ2n) is 11.9. The van der Waals surface area contributed by atoms with Gasteiger partial charge in [0.1, 0.15) is 11.5 Å². The molecule has 1 aliphatic rings. The van der Waals surface area contributed by atoms with E-state index in [1.54, 1.807) is 61.1 Å². The number of anilines is 3. The van der Waals surface area contributed by atoms with Crippen molar-refractivity contribution in [3.63, 3.8) is 0 Å². The third-order valence-corrected chi connectivity index (χ3v) is 10.6. The molecule has 7 rings (SSSR count). The highest BCUT2D eigenvalue weighted by atomic mass is 32.2. The van der Waals surface area contributed by atoms with Gasteiger partial charge in [-0.2, -0.15) is 4.31 Å². The summed E-state index contributed by atoms with van der Waals surface area (Å²) in [6.45, 7) is 0.655. The number of ether oxygens (including phenoxy) is 2. The van der Waals surface area contributed by atoms with E-state index in [-0.39, 0.29) is 29.1 Å². The Kier molecular flexibility index (Phi) is 9.21. The van der Waals surface area contributed by atoms with Crippen molar-refractivity contribution in [1.29, 1.82) is 0 Å². The van der Waals surface area contributed by atoms with Gasteiger partial charge in [0.15, 0.2) is 23.1 Å². The van der Waals surface area contributed by atoms with Gasteiger partial charge in [0.25, 0.3) is 0 Å². The van der Waals surface area contributed by atoms with Crippen molar-refractivity contribution >= 4 is 27.6 Å². The van der Waals surface area contributed by atoms with Crippen molar-refractivity contribution in [3.8, 4) is 56.7 Å². The lowest BCUT2D eigenvalue weighted by Gasteiger charge is -2.32. The molecule has 6 aromatic rings. The average molecular weight is 705 g/mol. The van der Waals surface area contributed by atoms with Crippen LogP contribution in [-0.4, -0.2) is 76.0 Å². The molecule has 1 saturated heterocycles. The summed E-state index contributed by atoms with van der Waals surface area (Å²) in [5.74, 6) is 2.45. The van der Waals surface area contributed by atoms with Crippen LogP contribution in [0, 0.1) is 0 Å². The molecule has 4 aromatic heterocycles. The molecule has 0 aliphatic carbocycles. The first-order valence-electron chi connectivity index (χ1n) is 16.2. The van der Waals surface area contributed by atoms with Gasteiger partial charge in [0.05, 0.1) is 30.5 Å². The lowest BCUT2D eigenvalue weighted by Crippen LogP contribution is -2.45. The van der Waals surface area contributed by atoms with Crippen LogP contribution in [0.25, 0.3) is 45.2 Å². The Balaban J connectivity index is 1.12. The van der Waals surface area contributed by atoms with Crippen LogP contribution < -0.4 is 26.3 Å². The maximum absolute atomic E-state index is 13.8. The molecule has 6 N–H and O–H groups in total. The molecule has 0 amide bonds. The number of rotatable bonds is 10. The van der Waals surface area contributed by atoms with Crippen LogP contribution in [-0.2, 0) is 10.0 Å². The van der Waals surface area contributed by atoms with Gasteiger partial charge in [-0.15, -0.1) is 0 Å². The normalized spacial score (nSPS) is 15.0. The number of nitrogen functional groups attached to an aromatic ring is 2. The van der Waals surface area contributed by atoms with Crippen LogP contribution in [0.1, 0.15) is 12.8 Å². The van der Waals surface area contributed by atoms with Crippen LogP contribution in [0.5, 0.6) is 11.5 Å². The molecule has 51 heavy (non-hydrogen) atoms. The number of aromatic amines is 1. The summed E-state index contributed by atoms with van der Waals surface area (Å²) in [7, 11) is -0.718. The molecular formula is C36H36N10O4S. The summed E-state index contributed by atoms with van der Waals surface area (Å²) < 4.78 is 39.7.